The molecular formula is C30H26N4OS. The van der Waals surface area contributed by atoms with Gasteiger partial charge in [0.2, 0.25) is 0 Å². The molecule has 2 N–H and O–H groups in total. The van der Waals surface area contributed by atoms with Crippen LogP contribution in [0.4, 0.5) is 5.69 Å². The number of nitrogens with zero attached hydrogens (tertiary/aromatic N) is 3. The lowest BCUT2D eigenvalue weighted by Gasteiger charge is -2.28. The van der Waals surface area contributed by atoms with E-state index in [1.54, 1.807) is 12.3 Å². The van der Waals surface area contributed by atoms with Gasteiger partial charge in [0.25, 0.3) is 0 Å². The molecule has 36 heavy (non-hydrogen) atoms. The third-order valence-electron chi connectivity index (χ3n) is 7.04. The maximum Gasteiger partial charge on any atom is 0.174 e. The number of phenolic OH excluding ortho intramolecular Hbond substituents is 1. The quantitative estimate of drug-likeness (QED) is 0.281. The summed E-state index contributed by atoms with van der Waals surface area (Å²) in [5.41, 5.74) is 6.11. The lowest BCUT2D eigenvalue weighted by molar-refractivity contribution is 0.472. The van der Waals surface area contributed by atoms with Gasteiger partial charge in [0, 0.05) is 23.0 Å². The second-order valence-corrected chi connectivity index (χ2v) is 9.53. The Morgan fingerprint density at radius 1 is 0.861 bits per heavy atom. The van der Waals surface area contributed by atoms with Gasteiger partial charge in [-0.3, -0.25) is 4.98 Å². The Morgan fingerprint density at radius 3 is 2.39 bits per heavy atom. The number of nitrogens with one attached hydrogen (secondary N) is 1. The summed E-state index contributed by atoms with van der Waals surface area (Å²) in [7, 11) is 0. The Kier molecular flexibility index (Phi) is 5.46. The normalized spacial score (nSPS) is 17.5. The van der Waals surface area contributed by atoms with Crippen LogP contribution in [0.25, 0.3) is 16.5 Å². The van der Waals surface area contributed by atoms with Crippen LogP contribution < -0.4 is 10.2 Å². The van der Waals surface area contributed by atoms with E-state index in [0.29, 0.717) is 10.8 Å². The summed E-state index contributed by atoms with van der Waals surface area (Å²) in [6.07, 6.45) is 1.80. The molecule has 6 rings (SSSR count). The predicted molar refractivity (Wildman–Crippen MR) is 149 cm³/mol. The van der Waals surface area contributed by atoms with Crippen molar-refractivity contribution in [2.24, 2.45) is 0 Å². The average Bonchev–Trinajstić information content (AvgIpc) is 3.39. The first-order valence-electron chi connectivity index (χ1n) is 12.0. The summed E-state index contributed by atoms with van der Waals surface area (Å²) in [4.78, 5) is 6.69. The number of rotatable bonds is 4. The highest BCUT2D eigenvalue weighted by molar-refractivity contribution is 7.80. The molecule has 0 aliphatic carbocycles. The smallest absolute Gasteiger partial charge is 0.174 e. The number of aromatic hydroxyl groups is 1. The van der Waals surface area contributed by atoms with Crippen molar-refractivity contribution in [1.29, 1.82) is 0 Å². The van der Waals surface area contributed by atoms with Crippen LogP contribution in [0, 0.1) is 13.8 Å². The third-order valence-corrected chi connectivity index (χ3v) is 7.35. The number of hydrogen-bond donors (Lipinski definition) is 2. The highest BCUT2D eigenvalue weighted by atomic mass is 32.1. The zero-order chi connectivity index (χ0) is 24.8. The van der Waals surface area contributed by atoms with E-state index in [1.165, 1.54) is 10.8 Å². The molecule has 1 fully saturated rings. The molecular weight excluding hydrogens is 464 g/mol. The van der Waals surface area contributed by atoms with Crippen molar-refractivity contribution in [2.45, 2.75) is 25.9 Å². The van der Waals surface area contributed by atoms with Crippen LogP contribution in [0.15, 0.2) is 97.2 Å². The number of benzene rings is 3. The van der Waals surface area contributed by atoms with Crippen LogP contribution in [0.1, 0.15) is 34.7 Å². The van der Waals surface area contributed by atoms with Gasteiger partial charge in [0.1, 0.15) is 5.75 Å². The summed E-state index contributed by atoms with van der Waals surface area (Å²) in [5, 5.41) is 17.2. The number of pyridine rings is 1. The van der Waals surface area contributed by atoms with Gasteiger partial charge in [-0.1, -0.05) is 54.6 Å². The minimum absolute atomic E-state index is 0.181. The monoisotopic (exact) mass is 490 g/mol. The number of fused-ring (bicyclic) bond motifs is 1. The van der Waals surface area contributed by atoms with Gasteiger partial charge in [-0.15, -0.1) is 0 Å². The summed E-state index contributed by atoms with van der Waals surface area (Å²) in [6.45, 7) is 4.29. The summed E-state index contributed by atoms with van der Waals surface area (Å²) < 4.78 is 2.32. The molecule has 5 nitrogen and oxygen atoms in total. The highest BCUT2D eigenvalue weighted by Gasteiger charge is 2.43. The maximum absolute atomic E-state index is 10.8. The minimum Gasteiger partial charge on any atom is -0.506 e. The number of anilines is 1. The van der Waals surface area contributed by atoms with E-state index >= 15 is 0 Å². The van der Waals surface area contributed by atoms with E-state index in [4.69, 9.17) is 12.2 Å². The van der Waals surface area contributed by atoms with E-state index in [1.807, 2.05) is 41.3 Å². The number of phenols is 1. The first-order chi connectivity index (χ1) is 17.5. The van der Waals surface area contributed by atoms with E-state index in [9.17, 15) is 5.11 Å². The SMILES string of the molecule is Cc1cc([C@@H]2[C@H](c3ccccn3)NC(=S)N2c2ccccc2O)c(C)n1-c1cccc2ccccc12. The third kappa shape index (κ3) is 3.53. The van der Waals surface area contributed by atoms with Crippen LogP contribution in [0.3, 0.4) is 0 Å². The number of aromatic nitrogens is 2. The topological polar surface area (TPSA) is 53.3 Å². The Balaban J connectivity index is 1.57. The van der Waals surface area contributed by atoms with Gasteiger partial charge in [0.05, 0.1) is 29.2 Å². The van der Waals surface area contributed by atoms with Crippen LogP contribution in [-0.2, 0) is 0 Å². The van der Waals surface area contributed by atoms with E-state index in [0.717, 1.165) is 28.3 Å². The Labute approximate surface area is 215 Å². The summed E-state index contributed by atoms with van der Waals surface area (Å²) in [5.74, 6) is 0.191. The zero-order valence-corrected chi connectivity index (χ0v) is 20.9. The molecule has 0 saturated carbocycles. The largest absolute Gasteiger partial charge is 0.506 e. The standard InChI is InChI=1S/C30H26N4OS/c1-19-18-23(20(2)33(19)25-15-9-11-21-10-3-4-12-22(21)25)29-28(24-13-7-8-17-31-24)32-30(36)34(29)26-14-5-6-16-27(26)35/h3-18,28-29,35H,1-2H3,(H,32,36)/t28-,29+/m0/s1. The van der Waals surface area contributed by atoms with Crippen LogP contribution in [-0.4, -0.2) is 19.8 Å². The fraction of sp³-hybridized carbons (Fsp3) is 0.133. The highest BCUT2D eigenvalue weighted by Crippen LogP contribution is 2.46. The minimum atomic E-state index is -0.198. The molecule has 1 saturated heterocycles. The molecule has 3 heterocycles. The molecule has 1 aliphatic rings. The molecule has 0 radical (unpaired) electrons. The van der Waals surface area contributed by atoms with E-state index in [-0.39, 0.29) is 17.8 Å². The molecule has 2 atom stereocenters. The van der Waals surface area contributed by atoms with Crippen molar-refractivity contribution in [2.75, 3.05) is 4.90 Å². The van der Waals surface area contributed by atoms with Crippen molar-refractivity contribution in [1.82, 2.24) is 14.9 Å². The Morgan fingerprint density at radius 2 is 1.58 bits per heavy atom. The van der Waals surface area contributed by atoms with Gasteiger partial charge < -0.3 is 19.9 Å². The van der Waals surface area contributed by atoms with Gasteiger partial charge in [0.15, 0.2) is 5.11 Å². The molecule has 3 aromatic carbocycles. The molecule has 0 spiro atoms. The molecule has 2 aromatic heterocycles. The fourth-order valence-electron chi connectivity index (χ4n) is 5.46. The van der Waals surface area contributed by atoms with Crippen molar-refractivity contribution < 1.29 is 5.11 Å². The van der Waals surface area contributed by atoms with Crippen molar-refractivity contribution >= 4 is 33.8 Å². The molecule has 0 unspecified atom stereocenters. The van der Waals surface area contributed by atoms with E-state index < -0.39 is 0 Å². The lowest BCUT2D eigenvalue weighted by Crippen LogP contribution is -2.29. The average molecular weight is 491 g/mol. The maximum atomic E-state index is 10.8. The van der Waals surface area contributed by atoms with Crippen LogP contribution in [0.2, 0.25) is 0 Å². The zero-order valence-electron chi connectivity index (χ0n) is 20.1. The number of para-hydroxylation sites is 2. The Bertz CT molecular complexity index is 1590. The van der Waals surface area contributed by atoms with Gasteiger partial charge in [-0.05, 0) is 73.4 Å². The van der Waals surface area contributed by atoms with Gasteiger partial charge >= 0.3 is 0 Å². The van der Waals surface area contributed by atoms with E-state index in [2.05, 4.69) is 77.2 Å². The first kappa shape index (κ1) is 22.3. The fourth-order valence-corrected chi connectivity index (χ4v) is 5.80. The molecule has 1 aliphatic heterocycles. The molecule has 0 bridgehead atoms. The van der Waals surface area contributed by atoms with Crippen molar-refractivity contribution in [3.8, 4) is 11.4 Å². The van der Waals surface area contributed by atoms with Crippen LogP contribution >= 0.6 is 12.2 Å². The number of hydrogen-bond acceptors (Lipinski definition) is 3. The second-order valence-electron chi connectivity index (χ2n) is 9.15. The lowest BCUT2D eigenvalue weighted by atomic mass is 9.96. The van der Waals surface area contributed by atoms with Gasteiger partial charge in [-0.25, -0.2) is 0 Å². The number of thiocarbonyl (C=S) groups is 1. The number of aryl methyl sites for hydroxylation is 1. The molecule has 178 valence electrons. The molecule has 5 aromatic rings. The molecule has 0 amide bonds. The van der Waals surface area contributed by atoms with Crippen LogP contribution in [0.5, 0.6) is 5.75 Å². The summed E-state index contributed by atoms with van der Waals surface area (Å²) >= 11 is 5.84. The predicted octanol–water partition coefficient (Wildman–Crippen LogP) is 6.53. The van der Waals surface area contributed by atoms with Crippen molar-refractivity contribution in [3.05, 3.63) is 120 Å². The first-order valence-corrected chi connectivity index (χ1v) is 12.4. The Hall–Kier alpha value is -4.16. The van der Waals surface area contributed by atoms with Crippen molar-refractivity contribution in [3.63, 3.8) is 0 Å². The summed E-state index contributed by atoms with van der Waals surface area (Å²) in [6, 6.07) is 30.0. The second kappa shape index (κ2) is 8.81. The molecule has 6 heteroatoms. The van der Waals surface area contributed by atoms with Gasteiger partial charge in [-0.2, -0.15) is 0 Å².